The van der Waals surface area contributed by atoms with E-state index in [1.54, 1.807) is 0 Å². The lowest BCUT2D eigenvalue weighted by Crippen LogP contribution is -2.42. The number of aromatic carboxylic acids is 1. The zero-order valence-electron chi connectivity index (χ0n) is 12.2. The Morgan fingerprint density at radius 2 is 1.95 bits per heavy atom. The summed E-state index contributed by atoms with van der Waals surface area (Å²) in [5.41, 5.74) is 0.663. The van der Waals surface area contributed by atoms with Crippen LogP contribution in [-0.4, -0.2) is 44.5 Å². The summed E-state index contributed by atoms with van der Waals surface area (Å²) in [4.78, 5) is 21.1. The van der Waals surface area contributed by atoms with Gasteiger partial charge >= 0.3 is 5.97 Å². The fraction of sp³-hybridized carbons (Fsp3) is 0.667. The third-order valence-electron chi connectivity index (χ3n) is 4.76. The Morgan fingerprint density at radius 3 is 2.45 bits per heavy atom. The van der Waals surface area contributed by atoms with Crippen molar-refractivity contribution < 1.29 is 18.7 Å². The van der Waals surface area contributed by atoms with E-state index in [9.17, 15) is 13.6 Å². The minimum Gasteiger partial charge on any atom is -0.476 e. The average Bonchev–Trinajstić information content (AvgIpc) is 2.70. The standard InChI is InChI=1S/C15H19F2N3O2/c16-14(17)5-9-3-11-1-2-12(4-9)20(11)8-10-6-19-13(7-18-10)15(21)22/h6-7,9,11-12,14H,1-5,8H2,(H,21,22). The number of carboxylic acids is 1. The first-order chi connectivity index (χ1) is 10.5. The number of hydrogen-bond acceptors (Lipinski definition) is 4. The van der Waals surface area contributed by atoms with Gasteiger partial charge in [-0.05, 0) is 31.6 Å². The molecule has 2 bridgehead atoms. The van der Waals surface area contributed by atoms with Crippen molar-refractivity contribution in [2.24, 2.45) is 5.92 Å². The molecule has 0 aliphatic carbocycles. The number of rotatable bonds is 5. The molecule has 22 heavy (non-hydrogen) atoms. The first-order valence-corrected chi connectivity index (χ1v) is 7.61. The largest absolute Gasteiger partial charge is 0.476 e. The van der Waals surface area contributed by atoms with Crippen LogP contribution in [-0.2, 0) is 6.54 Å². The van der Waals surface area contributed by atoms with E-state index in [1.807, 2.05) is 0 Å². The topological polar surface area (TPSA) is 66.3 Å². The molecule has 7 heteroatoms. The number of hydrogen-bond donors (Lipinski definition) is 1. The van der Waals surface area contributed by atoms with Gasteiger partial charge in [0.2, 0.25) is 6.43 Å². The second-order valence-electron chi connectivity index (χ2n) is 6.22. The van der Waals surface area contributed by atoms with E-state index in [0.717, 1.165) is 31.4 Å². The summed E-state index contributed by atoms with van der Waals surface area (Å²) >= 11 is 0. The Morgan fingerprint density at radius 1 is 1.27 bits per heavy atom. The van der Waals surface area contributed by atoms with Gasteiger partial charge in [-0.3, -0.25) is 9.88 Å². The maximum absolute atomic E-state index is 12.6. The number of alkyl halides is 2. The first kappa shape index (κ1) is 15.3. The van der Waals surface area contributed by atoms with Gasteiger partial charge in [-0.15, -0.1) is 0 Å². The molecule has 5 nitrogen and oxygen atoms in total. The Kier molecular flexibility index (Phi) is 4.33. The lowest BCUT2D eigenvalue weighted by molar-refractivity contribution is 0.0514. The maximum Gasteiger partial charge on any atom is 0.356 e. The third-order valence-corrected chi connectivity index (χ3v) is 4.76. The molecule has 3 rings (SSSR count). The van der Waals surface area contributed by atoms with Crippen LogP contribution < -0.4 is 0 Å². The van der Waals surface area contributed by atoms with Gasteiger partial charge in [0.25, 0.3) is 0 Å². The molecule has 2 aliphatic rings. The second kappa shape index (κ2) is 6.24. The maximum atomic E-state index is 12.6. The number of carbonyl (C=O) groups is 1. The molecule has 120 valence electrons. The molecule has 1 N–H and O–H groups in total. The van der Waals surface area contributed by atoms with Crippen molar-refractivity contribution in [1.82, 2.24) is 14.9 Å². The van der Waals surface area contributed by atoms with Gasteiger partial charge in [0, 0.05) is 25.0 Å². The summed E-state index contributed by atoms with van der Waals surface area (Å²) < 4.78 is 25.1. The average molecular weight is 311 g/mol. The van der Waals surface area contributed by atoms with E-state index >= 15 is 0 Å². The zero-order chi connectivity index (χ0) is 15.7. The first-order valence-electron chi connectivity index (χ1n) is 7.61. The molecule has 0 radical (unpaired) electrons. The van der Waals surface area contributed by atoms with Gasteiger partial charge in [0.05, 0.1) is 18.1 Å². The van der Waals surface area contributed by atoms with E-state index < -0.39 is 12.4 Å². The molecule has 1 aromatic rings. The minimum atomic E-state index is -2.22. The normalized spacial score (nSPS) is 28.2. The number of nitrogens with zero attached hydrogens (tertiary/aromatic N) is 3. The minimum absolute atomic E-state index is 0.00789. The van der Waals surface area contributed by atoms with Crippen LogP contribution in [0.2, 0.25) is 0 Å². The summed E-state index contributed by atoms with van der Waals surface area (Å²) in [6.45, 7) is 0.615. The van der Waals surface area contributed by atoms with Crippen LogP contribution in [0.4, 0.5) is 8.78 Å². The molecule has 0 amide bonds. The Balaban J connectivity index is 1.63. The van der Waals surface area contributed by atoms with Crippen LogP contribution in [0.5, 0.6) is 0 Å². The second-order valence-corrected chi connectivity index (χ2v) is 6.22. The summed E-state index contributed by atoms with van der Waals surface area (Å²) in [6, 6.07) is 0.673. The molecular formula is C15H19F2N3O2. The van der Waals surface area contributed by atoms with E-state index in [-0.39, 0.29) is 18.0 Å². The van der Waals surface area contributed by atoms with Crippen LogP contribution >= 0.6 is 0 Å². The molecular weight excluding hydrogens is 292 g/mol. The lowest BCUT2D eigenvalue weighted by Gasteiger charge is -2.38. The van der Waals surface area contributed by atoms with Crippen molar-refractivity contribution >= 4 is 5.97 Å². The monoisotopic (exact) mass is 311 g/mol. The van der Waals surface area contributed by atoms with Gasteiger partial charge in [-0.25, -0.2) is 18.6 Å². The van der Waals surface area contributed by atoms with E-state index in [1.165, 1.54) is 12.4 Å². The number of halogens is 2. The van der Waals surface area contributed by atoms with Crippen LogP contribution in [0, 0.1) is 5.92 Å². The fourth-order valence-electron chi connectivity index (χ4n) is 3.82. The zero-order valence-corrected chi connectivity index (χ0v) is 12.2. The number of fused-ring (bicyclic) bond motifs is 2. The predicted molar refractivity (Wildman–Crippen MR) is 74.7 cm³/mol. The highest BCUT2D eigenvalue weighted by molar-refractivity contribution is 5.84. The molecule has 1 aromatic heterocycles. The lowest BCUT2D eigenvalue weighted by atomic mass is 9.88. The predicted octanol–water partition coefficient (Wildman–Crippen LogP) is 2.57. The van der Waals surface area contributed by atoms with Gasteiger partial charge in [-0.2, -0.15) is 0 Å². The van der Waals surface area contributed by atoms with E-state index in [2.05, 4.69) is 14.9 Å². The number of carboxylic acid groups (broad SMARTS) is 1. The van der Waals surface area contributed by atoms with Crippen LogP contribution in [0.25, 0.3) is 0 Å². The Hall–Kier alpha value is -1.63. The SMILES string of the molecule is O=C(O)c1cnc(CN2C3CCC2CC(CC(F)F)C3)cn1. The summed E-state index contributed by atoms with van der Waals surface area (Å²) in [5.74, 6) is -0.971. The van der Waals surface area contributed by atoms with Crippen molar-refractivity contribution in [1.29, 1.82) is 0 Å². The van der Waals surface area contributed by atoms with Gasteiger partial charge in [0.15, 0.2) is 5.69 Å². The Labute approximate surface area is 127 Å². The molecule has 0 aromatic carbocycles. The van der Waals surface area contributed by atoms with E-state index in [4.69, 9.17) is 5.11 Å². The van der Waals surface area contributed by atoms with Crippen LogP contribution in [0.1, 0.15) is 48.3 Å². The molecule has 3 heterocycles. The van der Waals surface area contributed by atoms with Crippen molar-refractivity contribution in [2.45, 2.75) is 57.2 Å². The Bertz CT molecular complexity index is 524. The van der Waals surface area contributed by atoms with Gasteiger partial charge in [0.1, 0.15) is 0 Å². The number of aromatic nitrogens is 2. The molecule has 2 aliphatic heterocycles. The van der Waals surface area contributed by atoms with Crippen molar-refractivity contribution in [3.05, 3.63) is 23.8 Å². The molecule has 2 saturated heterocycles. The van der Waals surface area contributed by atoms with Gasteiger partial charge < -0.3 is 5.11 Å². The van der Waals surface area contributed by atoms with E-state index in [0.29, 0.717) is 18.6 Å². The number of piperidine rings is 1. The van der Waals surface area contributed by atoms with Crippen molar-refractivity contribution in [3.8, 4) is 0 Å². The molecule has 2 fully saturated rings. The van der Waals surface area contributed by atoms with Gasteiger partial charge in [-0.1, -0.05) is 0 Å². The summed E-state index contributed by atoms with van der Waals surface area (Å²) in [7, 11) is 0. The molecule has 2 unspecified atom stereocenters. The molecule has 2 atom stereocenters. The van der Waals surface area contributed by atoms with Crippen LogP contribution in [0.15, 0.2) is 12.4 Å². The highest BCUT2D eigenvalue weighted by Gasteiger charge is 2.41. The fourth-order valence-corrected chi connectivity index (χ4v) is 3.82. The van der Waals surface area contributed by atoms with Crippen molar-refractivity contribution in [2.75, 3.05) is 0 Å². The molecule has 0 spiro atoms. The highest BCUT2D eigenvalue weighted by atomic mass is 19.3. The quantitative estimate of drug-likeness (QED) is 0.905. The summed E-state index contributed by atoms with van der Waals surface area (Å²) in [6.07, 6.45) is 4.29. The van der Waals surface area contributed by atoms with Crippen LogP contribution in [0.3, 0.4) is 0 Å². The van der Waals surface area contributed by atoms with Crippen molar-refractivity contribution in [3.63, 3.8) is 0 Å². The third kappa shape index (κ3) is 3.24. The summed E-state index contributed by atoms with van der Waals surface area (Å²) in [5, 5.41) is 8.82. The smallest absolute Gasteiger partial charge is 0.356 e. The highest BCUT2D eigenvalue weighted by Crippen LogP contribution is 2.41. The molecule has 0 saturated carbocycles.